The molecule has 2 aliphatic rings. The molecule has 1 saturated heterocycles. The maximum atomic E-state index is 4.60. The molecule has 0 N–H and O–H groups in total. The number of pyridine rings is 2. The summed E-state index contributed by atoms with van der Waals surface area (Å²) in [5.74, 6) is 1.85. The zero-order chi connectivity index (χ0) is 19.6. The minimum absolute atomic E-state index is 0.745. The molecular weight excluding hydrogens is 364 g/mol. The van der Waals surface area contributed by atoms with Gasteiger partial charge in [0.25, 0.3) is 0 Å². The molecule has 8 nitrogen and oxygen atoms in total. The normalized spacial score (nSPS) is 17.3. The van der Waals surface area contributed by atoms with Crippen LogP contribution in [0.15, 0.2) is 67.5 Å². The monoisotopic (exact) mass is 388 g/mol. The molecule has 5 heterocycles. The van der Waals surface area contributed by atoms with Crippen molar-refractivity contribution < 1.29 is 0 Å². The van der Waals surface area contributed by atoms with Crippen LogP contribution < -0.4 is 14.7 Å². The second-order valence-electron chi connectivity index (χ2n) is 7.36. The average Bonchev–Trinajstić information content (AvgIpc) is 3.47. The number of anilines is 3. The lowest BCUT2D eigenvalue weighted by atomic mass is 10.3. The maximum Gasteiger partial charge on any atom is 0.155 e. The van der Waals surface area contributed by atoms with Crippen molar-refractivity contribution in [2.75, 3.05) is 54.6 Å². The predicted octanol–water partition coefficient (Wildman–Crippen LogP) is 2.17. The highest BCUT2D eigenvalue weighted by molar-refractivity contribution is 5.62. The number of nitrogens with zero attached hydrogens (tertiary/aromatic N) is 8. The van der Waals surface area contributed by atoms with Gasteiger partial charge in [0.05, 0.1) is 6.67 Å². The maximum absolute atomic E-state index is 4.60. The van der Waals surface area contributed by atoms with E-state index in [1.807, 2.05) is 36.8 Å². The lowest BCUT2D eigenvalue weighted by Crippen LogP contribution is -2.44. The van der Waals surface area contributed by atoms with Crippen LogP contribution in [0.3, 0.4) is 0 Å². The zero-order valence-electron chi connectivity index (χ0n) is 16.5. The molecule has 0 aliphatic carbocycles. The van der Waals surface area contributed by atoms with Crippen molar-refractivity contribution >= 4 is 17.2 Å². The van der Waals surface area contributed by atoms with E-state index in [0.29, 0.717) is 0 Å². The number of hydrogen-bond acceptors (Lipinski definition) is 7. The quantitative estimate of drug-likeness (QED) is 0.679. The molecular formula is C21H24N8. The van der Waals surface area contributed by atoms with Gasteiger partial charge in [-0.15, -0.1) is 0 Å². The molecule has 148 valence electrons. The van der Waals surface area contributed by atoms with Crippen molar-refractivity contribution in [3.05, 3.63) is 67.5 Å². The minimum atomic E-state index is 0.745. The number of aromatic nitrogens is 4. The van der Waals surface area contributed by atoms with Crippen molar-refractivity contribution in [1.82, 2.24) is 24.6 Å². The Balaban J connectivity index is 1.31. The van der Waals surface area contributed by atoms with Gasteiger partial charge in [-0.3, -0.25) is 0 Å². The summed E-state index contributed by atoms with van der Waals surface area (Å²) in [4.78, 5) is 18.2. The second kappa shape index (κ2) is 7.56. The van der Waals surface area contributed by atoms with Gasteiger partial charge in [-0.25, -0.2) is 14.6 Å². The van der Waals surface area contributed by atoms with Crippen LogP contribution in [0.4, 0.5) is 17.2 Å². The smallest absolute Gasteiger partial charge is 0.155 e. The fraction of sp³-hybridized carbons (Fsp3) is 0.286. The Bertz CT molecular complexity index is 991. The Morgan fingerprint density at radius 1 is 0.793 bits per heavy atom. The second-order valence-corrected chi connectivity index (χ2v) is 7.36. The first kappa shape index (κ1) is 17.7. The molecule has 5 rings (SSSR count). The van der Waals surface area contributed by atoms with Crippen molar-refractivity contribution in [3.8, 4) is 5.82 Å². The van der Waals surface area contributed by atoms with Gasteiger partial charge < -0.3 is 19.6 Å². The van der Waals surface area contributed by atoms with Gasteiger partial charge >= 0.3 is 0 Å². The van der Waals surface area contributed by atoms with Crippen LogP contribution in [0.25, 0.3) is 5.82 Å². The molecule has 0 aromatic carbocycles. The third-order valence-electron chi connectivity index (χ3n) is 5.42. The number of rotatable bonds is 4. The van der Waals surface area contributed by atoms with E-state index in [1.165, 1.54) is 0 Å². The van der Waals surface area contributed by atoms with E-state index in [2.05, 4.69) is 66.2 Å². The predicted molar refractivity (Wildman–Crippen MR) is 114 cm³/mol. The Morgan fingerprint density at radius 3 is 2.10 bits per heavy atom. The first-order valence-electron chi connectivity index (χ1n) is 9.83. The lowest BCUT2D eigenvalue weighted by molar-refractivity contribution is 0.312. The molecule has 8 heteroatoms. The van der Waals surface area contributed by atoms with Gasteiger partial charge in [0.1, 0.15) is 5.82 Å². The summed E-state index contributed by atoms with van der Waals surface area (Å²) >= 11 is 0. The summed E-state index contributed by atoms with van der Waals surface area (Å²) in [6.45, 7) is 4.92. The van der Waals surface area contributed by atoms with E-state index in [-0.39, 0.29) is 0 Å². The van der Waals surface area contributed by atoms with Crippen molar-refractivity contribution in [2.24, 2.45) is 0 Å². The number of likely N-dealkylation sites (N-methyl/N-ethyl adjacent to an activating group) is 1. The summed E-state index contributed by atoms with van der Waals surface area (Å²) in [6.07, 6.45) is 11.6. The van der Waals surface area contributed by atoms with Crippen LogP contribution in [-0.4, -0.2) is 64.5 Å². The molecule has 0 atom stereocenters. The molecule has 0 radical (unpaired) electrons. The van der Waals surface area contributed by atoms with Crippen LogP contribution in [0.2, 0.25) is 0 Å². The largest absolute Gasteiger partial charge is 0.354 e. The zero-order valence-corrected chi connectivity index (χ0v) is 16.5. The van der Waals surface area contributed by atoms with Crippen molar-refractivity contribution in [3.63, 3.8) is 0 Å². The molecule has 0 saturated carbocycles. The van der Waals surface area contributed by atoms with Crippen LogP contribution in [0, 0.1) is 0 Å². The summed E-state index contributed by atoms with van der Waals surface area (Å²) < 4.78 is 1.77. The van der Waals surface area contributed by atoms with Crippen molar-refractivity contribution in [2.45, 2.75) is 0 Å². The highest BCUT2D eigenvalue weighted by atomic mass is 15.4. The fourth-order valence-corrected chi connectivity index (χ4v) is 3.67. The molecule has 0 amide bonds. The summed E-state index contributed by atoms with van der Waals surface area (Å²) in [7, 11) is 2.17. The molecule has 1 fully saturated rings. The molecule has 3 aromatic rings. The first-order valence-corrected chi connectivity index (χ1v) is 9.83. The van der Waals surface area contributed by atoms with Gasteiger partial charge in [0.2, 0.25) is 0 Å². The van der Waals surface area contributed by atoms with E-state index < -0.39 is 0 Å². The van der Waals surface area contributed by atoms with Gasteiger partial charge in [0, 0.05) is 86.9 Å². The molecule has 29 heavy (non-hydrogen) atoms. The fourth-order valence-electron chi connectivity index (χ4n) is 3.67. The van der Waals surface area contributed by atoms with Gasteiger partial charge in [-0.05, 0) is 25.2 Å². The average molecular weight is 388 g/mol. The third-order valence-corrected chi connectivity index (χ3v) is 5.42. The van der Waals surface area contributed by atoms with Crippen LogP contribution in [0.1, 0.15) is 0 Å². The molecule has 0 bridgehead atoms. The third kappa shape index (κ3) is 3.66. The highest BCUT2D eigenvalue weighted by Gasteiger charge is 2.19. The lowest BCUT2D eigenvalue weighted by Gasteiger charge is -2.33. The van der Waals surface area contributed by atoms with E-state index >= 15 is 0 Å². The summed E-state index contributed by atoms with van der Waals surface area (Å²) in [5.41, 5.74) is 2.23. The van der Waals surface area contributed by atoms with E-state index in [4.69, 9.17) is 0 Å². The van der Waals surface area contributed by atoms with E-state index in [1.54, 1.807) is 10.9 Å². The Morgan fingerprint density at radius 2 is 1.45 bits per heavy atom. The first-order chi connectivity index (χ1) is 14.3. The van der Waals surface area contributed by atoms with Gasteiger partial charge in [-0.1, -0.05) is 0 Å². The van der Waals surface area contributed by atoms with Crippen molar-refractivity contribution in [1.29, 1.82) is 0 Å². The summed E-state index contributed by atoms with van der Waals surface area (Å²) in [5, 5.41) is 4.27. The standard InChI is InChI=1S/C21H24N8/c1-25-9-11-26(12-10-25)20-15-18(3-6-22-20)27-13-14-28(17-27)19-4-7-23-21(16-19)29-8-2-5-24-29/h2-8,13-16H,9-12,17H2,1H3. The number of piperazine rings is 1. The minimum Gasteiger partial charge on any atom is -0.354 e. The van der Waals surface area contributed by atoms with E-state index in [9.17, 15) is 0 Å². The summed E-state index contributed by atoms with van der Waals surface area (Å²) in [6, 6.07) is 10.2. The van der Waals surface area contributed by atoms with Crippen LogP contribution in [-0.2, 0) is 0 Å². The van der Waals surface area contributed by atoms with Gasteiger partial charge in [0.15, 0.2) is 5.82 Å². The molecule has 3 aromatic heterocycles. The Kier molecular flexibility index (Phi) is 4.61. The van der Waals surface area contributed by atoms with Gasteiger partial charge in [-0.2, -0.15) is 5.10 Å². The Hall–Kier alpha value is -3.39. The Labute approximate surface area is 170 Å². The number of hydrogen-bond donors (Lipinski definition) is 0. The van der Waals surface area contributed by atoms with Crippen LogP contribution >= 0.6 is 0 Å². The SMILES string of the molecule is CN1CCN(c2cc(N3C=CN(c4ccnc(-n5cccn5)c4)C3)ccn2)CC1. The molecule has 0 unspecified atom stereocenters. The highest BCUT2D eigenvalue weighted by Crippen LogP contribution is 2.27. The topological polar surface area (TPSA) is 56.6 Å². The van der Waals surface area contributed by atoms with Crippen LogP contribution in [0.5, 0.6) is 0 Å². The van der Waals surface area contributed by atoms with E-state index in [0.717, 1.165) is 55.9 Å². The molecule has 2 aliphatic heterocycles. The molecule has 0 spiro atoms.